The van der Waals surface area contributed by atoms with E-state index in [0.29, 0.717) is 19.5 Å². The van der Waals surface area contributed by atoms with Gasteiger partial charge in [0, 0.05) is 19.5 Å². The molecular weight excluding hydrogens is 254 g/mol. The van der Waals surface area contributed by atoms with E-state index in [1.165, 1.54) is 11.1 Å². The van der Waals surface area contributed by atoms with Crippen molar-refractivity contribution in [1.29, 1.82) is 0 Å². The molecule has 1 amide bonds. The van der Waals surface area contributed by atoms with Crippen molar-refractivity contribution in [2.24, 2.45) is 5.92 Å². The molecule has 108 valence electrons. The minimum atomic E-state index is -0.779. The molecule has 2 rings (SSSR count). The Balaban J connectivity index is 1.92. The highest BCUT2D eigenvalue weighted by Crippen LogP contribution is 2.20. The maximum absolute atomic E-state index is 12.2. The summed E-state index contributed by atoms with van der Waals surface area (Å²) >= 11 is 0. The zero-order chi connectivity index (χ0) is 14.7. The third kappa shape index (κ3) is 3.59. The van der Waals surface area contributed by atoms with Crippen molar-refractivity contribution in [3.63, 3.8) is 0 Å². The van der Waals surface area contributed by atoms with Crippen molar-refractivity contribution in [1.82, 2.24) is 4.90 Å². The standard InChI is InChI=1S/C16H21NO3/c1-11-3-4-13(7-12(11)2)8-15(18)17-6-5-14(10-17)9-16(19)20/h3-4,7,14H,5-6,8-10H2,1-2H3,(H,19,20). The minimum Gasteiger partial charge on any atom is -0.481 e. The number of benzene rings is 1. The van der Waals surface area contributed by atoms with Gasteiger partial charge in [-0.3, -0.25) is 9.59 Å². The van der Waals surface area contributed by atoms with Crippen LogP contribution in [0, 0.1) is 19.8 Å². The van der Waals surface area contributed by atoms with Crippen LogP contribution < -0.4 is 0 Å². The molecule has 0 saturated carbocycles. The third-order valence-corrected chi connectivity index (χ3v) is 4.03. The number of nitrogens with zero attached hydrogens (tertiary/aromatic N) is 1. The number of hydrogen-bond donors (Lipinski definition) is 1. The molecule has 1 aliphatic heterocycles. The normalized spacial score (nSPS) is 18.3. The highest BCUT2D eigenvalue weighted by atomic mass is 16.4. The van der Waals surface area contributed by atoms with Gasteiger partial charge in [-0.15, -0.1) is 0 Å². The Bertz CT molecular complexity index is 524. The molecule has 4 nitrogen and oxygen atoms in total. The molecule has 1 saturated heterocycles. The molecule has 1 aliphatic rings. The van der Waals surface area contributed by atoms with Crippen molar-refractivity contribution < 1.29 is 14.7 Å². The van der Waals surface area contributed by atoms with E-state index >= 15 is 0 Å². The van der Waals surface area contributed by atoms with Crippen molar-refractivity contribution >= 4 is 11.9 Å². The molecule has 20 heavy (non-hydrogen) atoms. The molecule has 1 heterocycles. The zero-order valence-electron chi connectivity index (χ0n) is 12.1. The Hall–Kier alpha value is -1.84. The lowest BCUT2D eigenvalue weighted by Gasteiger charge is -2.16. The number of hydrogen-bond acceptors (Lipinski definition) is 2. The number of carboxylic acids is 1. The number of aryl methyl sites for hydroxylation is 2. The Morgan fingerprint density at radius 1 is 1.30 bits per heavy atom. The fourth-order valence-corrected chi connectivity index (χ4v) is 2.67. The first-order valence-electron chi connectivity index (χ1n) is 7.01. The lowest BCUT2D eigenvalue weighted by atomic mass is 10.0. The first-order valence-corrected chi connectivity index (χ1v) is 7.01. The lowest BCUT2D eigenvalue weighted by molar-refractivity contribution is -0.138. The highest BCUT2D eigenvalue weighted by molar-refractivity contribution is 5.79. The SMILES string of the molecule is Cc1ccc(CC(=O)N2CCC(CC(=O)O)C2)cc1C. The van der Waals surface area contributed by atoms with E-state index in [2.05, 4.69) is 13.0 Å². The van der Waals surface area contributed by atoms with Gasteiger partial charge in [0.05, 0.1) is 6.42 Å². The van der Waals surface area contributed by atoms with Crippen LogP contribution >= 0.6 is 0 Å². The van der Waals surface area contributed by atoms with Crippen LogP contribution in [0.4, 0.5) is 0 Å². The molecule has 1 aromatic carbocycles. The van der Waals surface area contributed by atoms with Crippen molar-refractivity contribution in [2.45, 2.75) is 33.1 Å². The highest BCUT2D eigenvalue weighted by Gasteiger charge is 2.27. The van der Waals surface area contributed by atoms with Crippen LogP contribution in [0.15, 0.2) is 18.2 Å². The lowest BCUT2D eigenvalue weighted by Crippen LogP contribution is -2.30. The fraction of sp³-hybridized carbons (Fsp3) is 0.500. The molecule has 0 radical (unpaired) electrons. The summed E-state index contributed by atoms with van der Waals surface area (Å²) in [6.45, 7) is 5.36. The Kier molecular flexibility index (Phi) is 4.42. The molecule has 1 N–H and O–H groups in total. The fourth-order valence-electron chi connectivity index (χ4n) is 2.67. The van der Waals surface area contributed by atoms with Crippen molar-refractivity contribution in [2.75, 3.05) is 13.1 Å². The second-order valence-electron chi connectivity index (χ2n) is 5.69. The number of likely N-dealkylation sites (tertiary alicyclic amines) is 1. The molecule has 4 heteroatoms. The second-order valence-corrected chi connectivity index (χ2v) is 5.69. The van der Waals surface area contributed by atoms with Crippen LogP contribution in [0.1, 0.15) is 29.5 Å². The van der Waals surface area contributed by atoms with Gasteiger partial charge < -0.3 is 10.0 Å². The van der Waals surface area contributed by atoms with Crippen molar-refractivity contribution in [3.8, 4) is 0 Å². The van der Waals surface area contributed by atoms with Crippen LogP contribution in [-0.4, -0.2) is 35.0 Å². The monoisotopic (exact) mass is 275 g/mol. The van der Waals surface area contributed by atoms with E-state index in [0.717, 1.165) is 12.0 Å². The minimum absolute atomic E-state index is 0.0983. The average molecular weight is 275 g/mol. The van der Waals surface area contributed by atoms with Crippen molar-refractivity contribution in [3.05, 3.63) is 34.9 Å². The molecular formula is C16H21NO3. The van der Waals surface area contributed by atoms with Gasteiger partial charge in [-0.1, -0.05) is 18.2 Å². The van der Waals surface area contributed by atoms with Gasteiger partial charge >= 0.3 is 5.97 Å². The third-order valence-electron chi connectivity index (χ3n) is 4.03. The molecule has 1 fully saturated rings. The maximum atomic E-state index is 12.2. The van der Waals surface area contributed by atoms with Crippen LogP contribution in [0.2, 0.25) is 0 Å². The molecule has 0 aromatic heterocycles. The molecule has 0 bridgehead atoms. The van der Waals surface area contributed by atoms with Gasteiger partial charge in [-0.25, -0.2) is 0 Å². The maximum Gasteiger partial charge on any atom is 0.303 e. The number of carboxylic acid groups (broad SMARTS) is 1. The van der Waals surface area contributed by atoms with Crippen LogP contribution in [-0.2, 0) is 16.0 Å². The topological polar surface area (TPSA) is 57.6 Å². The van der Waals surface area contributed by atoms with Crippen LogP contribution in [0.3, 0.4) is 0 Å². The number of carbonyl (C=O) groups excluding carboxylic acids is 1. The van der Waals surface area contributed by atoms with Gasteiger partial charge in [-0.05, 0) is 42.9 Å². The molecule has 0 aliphatic carbocycles. The molecule has 0 spiro atoms. The summed E-state index contributed by atoms with van der Waals surface area (Å²) in [5.41, 5.74) is 3.45. The van der Waals surface area contributed by atoms with Gasteiger partial charge in [0.25, 0.3) is 0 Å². The van der Waals surface area contributed by atoms with Gasteiger partial charge in [-0.2, -0.15) is 0 Å². The first-order chi connectivity index (χ1) is 9.45. The summed E-state index contributed by atoms with van der Waals surface area (Å²) in [7, 11) is 0. The summed E-state index contributed by atoms with van der Waals surface area (Å²) in [4.78, 5) is 24.7. The molecule has 1 unspecified atom stereocenters. The van der Waals surface area contributed by atoms with Gasteiger partial charge in [0.15, 0.2) is 0 Å². The Morgan fingerprint density at radius 3 is 2.70 bits per heavy atom. The summed E-state index contributed by atoms with van der Waals surface area (Å²) in [5, 5.41) is 8.79. The summed E-state index contributed by atoms with van der Waals surface area (Å²) < 4.78 is 0. The second kappa shape index (κ2) is 6.07. The van der Waals surface area contributed by atoms with Gasteiger partial charge in [0.2, 0.25) is 5.91 Å². The van der Waals surface area contributed by atoms with E-state index in [4.69, 9.17) is 5.11 Å². The van der Waals surface area contributed by atoms with E-state index in [-0.39, 0.29) is 18.2 Å². The quantitative estimate of drug-likeness (QED) is 0.916. The predicted octanol–water partition coefficient (Wildman–Crippen LogP) is 2.17. The van der Waals surface area contributed by atoms with E-state index < -0.39 is 5.97 Å². The van der Waals surface area contributed by atoms with E-state index in [9.17, 15) is 9.59 Å². The summed E-state index contributed by atoms with van der Waals surface area (Å²) in [6, 6.07) is 6.08. The zero-order valence-corrected chi connectivity index (χ0v) is 12.1. The number of aliphatic carboxylic acids is 1. The molecule has 1 aromatic rings. The summed E-state index contributed by atoms with van der Waals surface area (Å²) in [6.07, 6.45) is 1.36. The van der Waals surface area contributed by atoms with Gasteiger partial charge in [0.1, 0.15) is 0 Å². The average Bonchev–Trinajstić information content (AvgIpc) is 2.81. The van der Waals surface area contributed by atoms with Crippen LogP contribution in [0.5, 0.6) is 0 Å². The van der Waals surface area contributed by atoms with Crippen LogP contribution in [0.25, 0.3) is 0 Å². The summed E-state index contributed by atoms with van der Waals surface area (Å²) in [5.74, 6) is -0.573. The van der Waals surface area contributed by atoms with E-state index in [1.54, 1.807) is 4.90 Å². The Morgan fingerprint density at radius 2 is 2.05 bits per heavy atom. The number of carbonyl (C=O) groups is 2. The largest absolute Gasteiger partial charge is 0.481 e. The molecule has 1 atom stereocenters. The first kappa shape index (κ1) is 14.6. The van der Waals surface area contributed by atoms with E-state index in [1.807, 2.05) is 19.1 Å². The smallest absolute Gasteiger partial charge is 0.303 e. The number of rotatable bonds is 4. The Labute approximate surface area is 119 Å². The predicted molar refractivity (Wildman–Crippen MR) is 76.6 cm³/mol. The number of amides is 1.